The van der Waals surface area contributed by atoms with Gasteiger partial charge in [0.05, 0.1) is 0 Å². The van der Waals surface area contributed by atoms with Crippen LogP contribution in [0.3, 0.4) is 0 Å². The minimum Gasteiger partial charge on any atom is -0.381 e. The maximum absolute atomic E-state index is 5.32. The molecule has 70 valence electrons. The summed E-state index contributed by atoms with van der Waals surface area (Å²) in [5.41, 5.74) is 0. The van der Waals surface area contributed by atoms with Gasteiger partial charge < -0.3 is 10.1 Å². The van der Waals surface area contributed by atoms with Crippen LogP contribution >= 0.6 is 0 Å². The molecule has 2 heteroatoms. The number of ether oxygens (including phenoxy) is 1. The molecular weight excluding hydrogens is 150 g/mol. The van der Waals surface area contributed by atoms with E-state index in [0.717, 1.165) is 25.2 Å². The van der Waals surface area contributed by atoms with Gasteiger partial charge in [0.15, 0.2) is 0 Å². The van der Waals surface area contributed by atoms with E-state index in [4.69, 9.17) is 4.74 Å². The SMILES string of the molecule is C(CC1CCOCC1)NC1CC1. The molecule has 0 bridgehead atoms. The fraction of sp³-hybridized carbons (Fsp3) is 1.00. The summed E-state index contributed by atoms with van der Waals surface area (Å²) in [4.78, 5) is 0. The first kappa shape index (κ1) is 8.52. The molecule has 0 amide bonds. The lowest BCUT2D eigenvalue weighted by molar-refractivity contribution is 0.0639. The van der Waals surface area contributed by atoms with Crippen molar-refractivity contribution in [2.75, 3.05) is 19.8 Å². The molecule has 0 atom stereocenters. The maximum atomic E-state index is 5.32. The first-order chi connectivity index (χ1) is 5.95. The minimum absolute atomic E-state index is 0.879. The Morgan fingerprint density at radius 3 is 2.50 bits per heavy atom. The van der Waals surface area contributed by atoms with E-state index in [0.29, 0.717) is 0 Å². The van der Waals surface area contributed by atoms with Crippen LogP contribution in [0.1, 0.15) is 32.1 Å². The van der Waals surface area contributed by atoms with Crippen molar-refractivity contribution >= 4 is 0 Å². The molecule has 2 aliphatic rings. The van der Waals surface area contributed by atoms with Crippen LogP contribution in [0.5, 0.6) is 0 Å². The molecule has 1 N–H and O–H groups in total. The molecule has 1 aliphatic heterocycles. The van der Waals surface area contributed by atoms with E-state index in [1.54, 1.807) is 0 Å². The standard InChI is InChI=1S/C10H19NO/c1-2-10(1)11-6-3-9-4-7-12-8-5-9/h9-11H,1-8H2. The van der Waals surface area contributed by atoms with Gasteiger partial charge in [0.1, 0.15) is 0 Å². The Kier molecular flexibility index (Phi) is 3.01. The van der Waals surface area contributed by atoms with Gasteiger partial charge >= 0.3 is 0 Å². The second-order valence-corrected chi connectivity index (χ2v) is 4.07. The fourth-order valence-corrected chi connectivity index (χ4v) is 1.81. The summed E-state index contributed by atoms with van der Waals surface area (Å²) >= 11 is 0. The maximum Gasteiger partial charge on any atom is 0.0468 e. The number of hydrogen-bond acceptors (Lipinski definition) is 2. The molecule has 0 aromatic rings. The van der Waals surface area contributed by atoms with Crippen LogP contribution in [0.25, 0.3) is 0 Å². The third-order valence-electron chi connectivity index (χ3n) is 2.90. The molecule has 2 nitrogen and oxygen atoms in total. The van der Waals surface area contributed by atoms with E-state index in [-0.39, 0.29) is 0 Å². The monoisotopic (exact) mass is 169 g/mol. The first-order valence-electron chi connectivity index (χ1n) is 5.26. The summed E-state index contributed by atoms with van der Waals surface area (Å²) < 4.78 is 5.32. The van der Waals surface area contributed by atoms with Crippen molar-refractivity contribution in [3.8, 4) is 0 Å². The summed E-state index contributed by atoms with van der Waals surface area (Å²) in [6.07, 6.45) is 6.75. The molecular formula is C10H19NO. The van der Waals surface area contributed by atoms with Gasteiger partial charge in [-0.3, -0.25) is 0 Å². The molecule has 0 radical (unpaired) electrons. The average Bonchev–Trinajstić information content (AvgIpc) is 2.90. The molecule has 12 heavy (non-hydrogen) atoms. The average molecular weight is 169 g/mol. The topological polar surface area (TPSA) is 21.3 Å². The number of rotatable bonds is 4. The van der Waals surface area contributed by atoms with Crippen molar-refractivity contribution in [3.63, 3.8) is 0 Å². The quantitative estimate of drug-likeness (QED) is 0.689. The van der Waals surface area contributed by atoms with Gasteiger partial charge in [-0.15, -0.1) is 0 Å². The highest BCUT2D eigenvalue weighted by atomic mass is 16.5. The highest BCUT2D eigenvalue weighted by Gasteiger charge is 2.20. The highest BCUT2D eigenvalue weighted by molar-refractivity contribution is 4.81. The summed E-state index contributed by atoms with van der Waals surface area (Å²) in [7, 11) is 0. The molecule has 0 unspecified atom stereocenters. The lowest BCUT2D eigenvalue weighted by Gasteiger charge is -2.21. The molecule has 2 rings (SSSR count). The van der Waals surface area contributed by atoms with Crippen molar-refractivity contribution in [2.24, 2.45) is 5.92 Å². The van der Waals surface area contributed by atoms with Crippen LogP contribution in [0.2, 0.25) is 0 Å². The molecule has 1 aliphatic carbocycles. The van der Waals surface area contributed by atoms with Crippen LogP contribution in [0.15, 0.2) is 0 Å². The Bertz CT molecular complexity index is 128. The van der Waals surface area contributed by atoms with Crippen LogP contribution < -0.4 is 5.32 Å². The Hall–Kier alpha value is -0.0800. The Labute approximate surface area is 74.7 Å². The lowest BCUT2D eigenvalue weighted by Crippen LogP contribution is -2.23. The molecule has 0 aromatic carbocycles. The molecule has 2 fully saturated rings. The lowest BCUT2D eigenvalue weighted by atomic mass is 9.97. The zero-order valence-electron chi connectivity index (χ0n) is 7.72. The van der Waals surface area contributed by atoms with Gasteiger partial charge in [0.25, 0.3) is 0 Å². The van der Waals surface area contributed by atoms with E-state index < -0.39 is 0 Å². The predicted octanol–water partition coefficient (Wildman–Crippen LogP) is 1.56. The normalized spacial score (nSPS) is 26.0. The summed E-state index contributed by atoms with van der Waals surface area (Å²) in [6.45, 7) is 3.22. The minimum atomic E-state index is 0.879. The second-order valence-electron chi connectivity index (χ2n) is 4.07. The summed E-state index contributed by atoms with van der Waals surface area (Å²) in [5.74, 6) is 0.935. The van der Waals surface area contributed by atoms with Crippen LogP contribution in [-0.4, -0.2) is 25.8 Å². The van der Waals surface area contributed by atoms with Gasteiger partial charge in [-0.05, 0) is 44.6 Å². The smallest absolute Gasteiger partial charge is 0.0468 e. The van der Waals surface area contributed by atoms with Crippen molar-refractivity contribution in [1.29, 1.82) is 0 Å². The zero-order valence-corrected chi connectivity index (χ0v) is 7.72. The van der Waals surface area contributed by atoms with Crippen molar-refractivity contribution < 1.29 is 4.74 Å². The predicted molar refractivity (Wildman–Crippen MR) is 49.2 cm³/mol. The van der Waals surface area contributed by atoms with Crippen LogP contribution in [0.4, 0.5) is 0 Å². The molecule has 0 spiro atoms. The van der Waals surface area contributed by atoms with E-state index in [2.05, 4.69) is 5.32 Å². The fourth-order valence-electron chi connectivity index (χ4n) is 1.81. The summed E-state index contributed by atoms with van der Waals surface area (Å²) in [6, 6.07) is 0.879. The summed E-state index contributed by atoms with van der Waals surface area (Å²) in [5, 5.41) is 3.56. The van der Waals surface area contributed by atoms with Crippen LogP contribution in [0, 0.1) is 5.92 Å². The molecule has 1 heterocycles. The highest BCUT2D eigenvalue weighted by Crippen LogP contribution is 2.21. The number of nitrogens with one attached hydrogen (secondary N) is 1. The second kappa shape index (κ2) is 4.24. The van der Waals surface area contributed by atoms with E-state index in [1.165, 1.54) is 38.6 Å². The third-order valence-corrected chi connectivity index (χ3v) is 2.90. The van der Waals surface area contributed by atoms with Crippen molar-refractivity contribution in [3.05, 3.63) is 0 Å². The zero-order chi connectivity index (χ0) is 8.23. The van der Waals surface area contributed by atoms with Gasteiger partial charge in [0, 0.05) is 19.3 Å². The van der Waals surface area contributed by atoms with Gasteiger partial charge in [-0.2, -0.15) is 0 Å². The van der Waals surface area contributed by atoms with E-state index in [9.17, 15) is 0 Å². The number of hydrogen-bond donors (Lipinski definition) is 1. The third kappa shape index (κ3) is 2.76. The molecule has 1 saturated heterocycles. The van der Waals surface area contributed by atoms with E-state index in [1.807, 2.05) is 0 Å². The van der Waals surface area contributed by atoms with Crippen molar-refractivity contribution in [1.82, 2.24) is 5.32 Å². The van der Waals surface area contributed by atoms with Crippen molar-refractivity contribution in [2.45, 2.75) is 38.1 Å². The van der Waals surface area contributed by atoms with Crippen LogP contribution in [-0.2, 0) is 4.74 Å². The van der Waals surface area contributed by atoms with Gasteiger partial charge in [-0.1, -0.05) is 0 Å². The van der Waals surface area contributed by atoms with E-state index >= 15 is 0 Å². The van der Waals surface area contributed by atoms with Gasteiger partial charge in [-0.25, -0.2) is 0 Å². The largest absolute Gasteiger partial charge is 0.381 e. The molecule has 1 saturated carbocycles. The Morgan fingerprint density at radius 1 is 1.08 bits per heavy atom. The Morgan fingerprint density at radius 2 is 1.83 bits per heavy atom. The molecule has 0 aromatic heterocycles. The first-order valence-corrected chi connectivity index (χ1v) is 5.26. The van der Waals surface area contributed by atoms with Gasteiger partial charge in [0.2, 0.25) is 0 Å². The Balaban J connectivity index is 1.52.